The summed E-state index contributed by atoms with van der Waals surface area (Å²) in [6.45, 7) is 3.21. The molecule has 0 fully saturated rings. The molecule has 84 valence electrons. The van der Waals surface area contributed by atoms with Crippen LogP contribution in [0, 0.1) is 13.8 Å². The number of aliphatic hydroxyl groups is 3. The highest BCUT2D eigenvalue weighted by Crippen LogP contribution is 2.24. The minimum atomic E-state index is -1.16. The van der Waals surface area contributed by atoms with Crippen molar-refractivity contribution in [1.29, 1.82) is 0 Å². The molecule has 0 aliphatic rings. The van der Waals surface area contributed by atoms with Gasteiger partial charge in [0.1, 0.15) is 12.2 Å². The summed E-state index contributed by atoms with van der Waals surface area (Å²) in [6.07, 6.45) is -2.24. The van der Waals surface area contributed by atoms with Crippen LogP contribution in [-0.4, -0.2) is 28.0 Å². The lowest BCUT2D eigenvalue weighted by Gasteiger charge is -2.18. The van der Waals surface area contributed by atoms with Gasteiger partial charge in [0.15, 0.2) is 0 Å². The zero-order valence-electron chi connectivity index (χ0n) is 8.94. The molecular weight excluding hydrogens is 194 g/mol. The molecule has 1 aromatic rings. The van der Waals surface area contributed by atoms with E-state index in [0.29, 0.717) is 11.3 Å². The zero-order chi connectivity index (χ0) is 11.6. The summed E-state index contributed by atoms with van der Waals surface area (Å²) in [5.41, 5.74) is 8.73. The average molecular weight is 211 g/mol. The Morgan fingerprint density at radius 1 is 1.20 bits per heavy atom. The molecule has 0 saturated heterocycles. The van der Waals surface area contributed by atoms with Gasteiger partial charge in [-0.15, -0.1) is 0 Å². The van der Waals surface area contributed by atoms with E-state index in [0.717, 1.165) is 11.1 Å². The molecule has 0 aliphatic carbocycles. The molecule has 0 bridgehead atoms. The Morgan fingerprint density at radius 2 is 1.67 bits per heavy atom. The van der Waals surface area contributed by atoms with Crippen LogP contribution in [0.4, 0.5) is 5.69 Å². The highest BCUT2D eigenvalue weighted by Gasteiger charge is 2.18. The molecule has 2 unspecified atom stereocenters. The quantitative estimate of drug-likeness (QED) is 0.541. The van der Waals surface area contributed by atoms with Crippen LogP contribution in [0.25, 0.3) is 0 Å². The van der Waals surface area contributed by atoms with Gasteiger partial charge in [0.25, 0.3) is 0 Å². The Morgan fingerprint density at radius 3 is 2.07 bits per heavy atom. The fraction of sp³-hybridized carbons (Fsp3) is 0.455. The van der Waals surface area contributed by atoms with Crippen LogP contribution in [0.15, 0.2) is 12.1 Å². The van der Waals surface area contributed by atoms with Crippen LogP contribution < -0.4 is 5.73 Å². The predicted octanol–water partition coefficient (Wildman–Crippen LogP) is 0.272. The van der Waals surface area contributed by atoms with Gasteiger partial charge < -0.3 is 21.1 Å². The molecule has 1 aromatic carbocycles. The van der Waals surface area contributed by atoms with E-state index in [1.165, 1.54) is 0 Å². The molecule has 4 heteroatoms. The smallest absolute Gasteiger partial charge is 0.107 e. The molecule has 5 N–H and O–H groups in total. The van der Waals surface area contributed by atoms with Crippen molar-refractivity contribution >= 4 is 5.69 Å². The summed E-state index contributed by atoms with van der Waals surface area (Å²) in [4.78, 5) is 0. The zero-order valence-corrected chi connectivity index (χ0v) is 8.94. The van der Waals surface area contributed by atoms with Crippen LogP contribution >= 0.6 is 0 Å². The first-order valence-corrected chi connectivity index (χ1v) is 4.81. The maximum Gasteiger partial charge on any atom is 0.107 e. The van der Waals surface area contributed by atoms with Crippen LogP contribution in [0.2, 0.25) is 0 Å². The largest absolute Gasteiger partial charge is 0.398 e. The van der Waals surface area contributed by atoms with Crippen LogP contribution in [0.1, 0.15) is 22.8 Å². The standard InChI is InChI=1S/C11H17NO3/c1-6-3-8(4-7(2)10(6)12)11(15)9(14)5-13/h3-4,9,11,13-15H,5,12H2,1-2H3. The SMILES string of the molecule is Cc1cc(C(O)C(O)CO)cc(C)c1N. The van der Waals surface area contributed by atoms with Gasteiger partial charge in [0, 0.05) is 5.69 Å². The minimum absolute atomic E-state index is 0.469. The van der Waals surface area contributed by atoms with Gasteiger partial charge in [-0.05, 0) is 30.5 Å². The van der Waals surface area contributed by atoms with E-state index in [-0.39, 0.29) is 0 Å². The van der Waals surface area contributed by atoms with Crippen molar-refractivity contribution < 1.29 is 15.3 Å². The predicted molar refractivity (Wildman–Crippen MR) is 58.4 cm³/mol. The molecule has 0 aliphatic heterocycles. The van der Waals surface area contributed by atoms with E-state index in [2.05, 4.69) is 0 Å². The summed E-state index contributed by atoms with van der Waals surface area (Å²) in [5.74, 6) is 0. The molecular formula is C11H17NO3. The number of anilines is 1. The first kappa shape index (κ1) is 12.0. The molecule has 0 radical (unpaired) electrons. The molecule has 0 heterocycles. The van der Waals surface area contributed by atoms with E-state index >= 15 is 0 Å². The van der Waals surface area contributed by atoms with Gasteiger partial charge >= 0.3 is 0 Å². The lowest BCUT2D eigenvalue weighted by Crippen LogP contribution is -2.22. The number of hydrogen-bond acceptors (Lipinski definition) is 4. The van der Waals surface area contributed by atoms with Gasteiger partial charge in [0.2, 0.25) is 0 Å². The monoisotopic (exact) mass is 211 g/mol. The Kier molecular flexibility index (Phi) is 3.68. The number of aliphatic hydroxyl groups excluding tert-OH is 3. The summed E-state index contributed by atoms with van der Waals surface area (Å²) < 4.78 is 0. The van der Waals surface area contributed by atoms with E-state index in [1.807, 2.05) is 13.8 Å². The summed E-state index contributed by atoms with van der Waals surface area (Å²) >= 11 is 0. The van der Waals surface area contributed by atoms with E-state index in [1.54, 1.807) is 12.1 Å². The topological polar surface area (TPSA) is 86.7 Å². The maximum absolute atomic E-state index is 9.68. The number of nitrogen functional groups attached to an aromatic ring is 1. The van der Waals surface area contributed by atoms with Crippen molar-refractivity contribution in [2.75, 3.05) is 12.3 Å². The van der Waals surface area contributed by atoms with Gasteiger partial charge in [-0.25, -0.2) is 0 Å². The first-order valence-electron chi connectivity index (χ1n) is 4.81. The number of hydrogen-bond donors (Lipinski definition) is 4. The van der Waals surface area contributed by atoms with Gasteiger partial charge in [-0.1, -0.05) is 12.1 Å². The maximum atomic E-state index is 9.68. The van der Waals surface area contributed by atoms with Crippen molar-refractivity contribution in [1.82, 2.24) is 0 Å². The Bertz CT molecular complexity index is 329. The fourth-order valence-electron chi connectivity index (χ4n) is 1.50. The van der Waals surface area contributed by atoms with E-state index in [4.69, 9.17) is 10.8 Å². The second kappa shape index (κ2) is 4.61. The summed E-state index contributed by atoms with van der Waals surface area (Å²) in [7, 11) is 0. The molecule has 1 rings (SSSR count). The normalized spacial score (nSPS) is 15.0. The average Bonchev–Trinajstić information content (AvgIpc) is 2.23. The minimum Gasteiger partial charge on any atom is -0.398 e. The van der Waals surface area contributed by atoms with Gasteiger partial charge in [-0.2, -0.15) is 0 Å². The number of aryl methyl sites for hydroxylation is 2. The van der Waals surface area contributed by atoms with Crippen molar-refractivity contribution in [2.24, 2.45) is 0 Å². The van der Waals surface area contributed by atoms with Gasteiger partial charge in [0.05, 0.1) is 6.61 Å². The Labute approximate surface area is 89.0 Å². The first-order chi connectivity index (χ1) is 6.97. The molecule has 4 nitrogen and oxygen atoms in total. The van der Waals surface area contributed by atoms with Crippen molar-refractivity contribution in [3.8, 4) is 0 Å². The lowest BCUT2D eigenvalue weighted by atomic mass is 9.98. The van der Waals surface area contributed by atoms with Crippen LogP contribution in [-0.2, 0) is 0 Å². The van der Waals surface area contributed by atoms with Crippen LogP contribution in [0.5, 0.6) is 0 Å². The Balaban J connectivity index is 3.06. The molecule has 0 saturated carbocycles. The third-order valence-electron chi connectivity index (χ3n) is 2.51. The molecule has 2 atom stereocenters. The third kappa shape index (κ3) is 2.47. The third-order valence-corrected chi connectivity index (χ3v) is 2.51. The van der Waals surface area contributed by atoms with Crippen molar-refractivity contribution in [3.05, 3.63) is 28.8 Å². The van der Waals surface area contributed by atoms with E-state index in [9.17, 15) is 10.2 Å². The second-order valence-corrected chi connectivity index (χ2v) is 3.76. The second-order valence-electron chi connectivity index (χ2n) is 3.76. The summed E-state index contributed by atoms with van der Waals surface area (Å²) in [5, 5.41) is 27.7. The van der Waals surface area contributed by atoms with Gasteiger partial charge in [-0.3, -0.25) is 0 Å². The molecule has 0 amide bonds. The molecule has 15 heavy (non-hydrogen) atoms. The molecule has 0 aromatic heterocycles. The number of nitrogens with two attached hydrogens (primary N) is 1. The van der Waals surface area contributed by atoms with E-state index < -0.39 is 18.8 Å². The Hall–Kier alpha value is -1.10. The number of benzene rings is 1. The van der Waals surface area contributed by atoms with Crippen LogP contribution in [0.3, 0.4) is 0 Å². The van der Waals surface area contributed by atoms with Crippen molar-refractivity contribution in [2.45, 2.75) is 26.1 Å². The fourth-order valence-corrected chi connectivity index (χ4v) is 1.50. The summed E-state index contributed by atoms with van der Waals surface area (Å²) in [6, 6.07) is 3.43. The molecule has 0 spiro atoms. The van der Waals surface area contributed by atoms with Crippen molar-refractivity contribution in [3.63, 3.8) is 0 Å². The lowest BCUT2D eigenvalue weighted by molar-refractivity contribution is -0.0152. The highest BCUT2D eigenvalue weighted by atomic mass is 16.4. The highest BCUT2D eigenvalue weighted by molar-refractivity contribution is 5.54. The number of rotatable bonds is 3.